The number of hydrogen-bond acceptors (Lipinski definition) is 5. The fourth-order valence-corrected chi connectivity index (χ4v) is 4.52. The maximum atomic E-state index is 13.0. The van der Waals surface area contributed by atoms with Crippen molar-refractivity contribution >= 4 is 57.3 Å². The molecule has 0 aliphatic heterocycles. The van der Waals surface area contributed by atoms with E-state index in [1.54, 1.807) is 18.2 Å². The zero-order chi connectivity index (χ0) is 23.2. The van der Waals surface area contributed by atoms with E-state index in [0.29, 0.717) is 27.1 Å². The lowest BCUT2D eigenvalue weighted by Gasteiger charge is -2.07. The van der Waals surface area contributed by atoms with Crippen LogP contribution in [0.15, 0.2) is 83.1 Å². The molecule has 1 aromatic heterocycles. The monoisotopic (exact) mass is 497 g/mol. The molecule has 2 N–H and O–H groups in total. The van der Waals surface area contributed by atoms with Gasteiger partial charge in [-0.25, -0.2) is 9.37 Å². The van der Waals surface area contributed by atoms with E-state index in [-0.39, 0.29) is 17.6 Å². The highest BCUT2D eigenvalue weighted by Gasteiger charge is 2.11. The van der Waals surface area contributed by atoms with Crippen LogP contribution >= 0.6 is 34.7 Å². The number of nitrogens with one attached hydrogen (secondary N) is 2. The van der Waals surface area contributed by atoms with Crippen molar-refractivity contribution in [3.05, 3.63) is 94.6 Å². The number of nitrogens with zero attached hydrogens (tertiary/aromatic N) is 1. The van der Waals surface area contributed by atoms with Crippen LogP contribution in [0.5, 0.6) is 0 Å². The molecule has 0 saturated carbocycles. The lowest BCUT2D eigenvalue weighted by molar-refractivity contribution is -0.113. The van der Waals surface area contributed by atoms with Gasteiger partial charge < -0.3 is 10.6 Å². The normalized spacial score (nSPS) is 10.6. The second-order valence-electron chi connectivity index (χ2n) is 6.84. The van der Waals surface area contributed by atoms with Gasteiger partial charge in [-0.2, -0.15) is 0 Å². The standard InChI is InChI=1S/C24H17ClFN3O2S2/c25-20-4-2-1-3-19(20)21-13-33-24(28-21)29-22(30)14-32-18-11-9-17(10-12-18)27-23(31)15-5-7-16(26)8-6-15/h1-13H,14H2,(H,27,31)(H,28,29,30). The van der Waals surface area contributed by atoms with Crippen LogP contribution < -0.4 is 10.6 Å². The fraction of sp³-hybridized carbons (Fsp3) is 0.0417. The minimum atomic E-state index is -0.396. The third-order valence-corrected chi connectivity index (χ3v) is 6.59. The molecule has 0 unspecified atom stereocenters. The molecule has 5 nitrogen and oxygen atoms in total. The average Bonchev–Trinajstić information content (AvgIpc) is 3.27. The van der Waals surface area contributed by atoms with Crippen LogP contribution in [0.3, 0.4) is 0 Å². The summed E-state index contributed by atoms with van der Waals surface area (Å²) in [6, 6.07) is 19.9. The van der Waals surface area contributed by atoms with Gasteiger partial charge in [0.2, 0.25) is 5.91 Å². The summed E-state index contributed by atoms with van der Waals surface area (Å²) in [4.78, 5) is 29.8. The Kier molecular flexibility index (Phi) is 7.39. The van der Waals surface area contributed by atoms with E-state index in [2.05, 4.69) is 15.6 Å². The molecule has 3 aromatic carbocycles. The van der Waals surface area contributed by atoms with Crippen LogP contribution in [-0.2, 0) is 4.79 Å². The van der Waals surface area contributed by atoms with Crippen LogP contribution in [0.4, 0.5) is 15.2 Å². The number of aromatic nitrogens is 1. The van der Waals surface area contributed by atoms with Crippen LogP contribution in [0, 0.1) is 5.82 Å². The molecule has 0 spiro atoms. The van der Waals surface area contributed by atoms with E-state index >= 15 is 0 Å². The number of carbonyl (C=O) groups is 2. The molecule has 4 rings (SSSR count). The molecule has 0 fully saturated rings. The maximum Gasteiger partial charge on any atom is 0.255 e. The Morgan fingerprint density at radius 2 is 1.70 bits per heavy atom. The molecular weight excluding hydrogens is 481 g/mol. The zero-order valence-corrected chi connectivity index (χ0v) is 19.4. The minimum absolute atomic E-state index is 0.172. The summed E-state index contributed by atoms with van der Waals surface area (Å²) in [5.41, 5.74) is 2.50. The van der Waals surface area contributed by atoms with E-state index in [9.17, 15) is 14.0 Å². The second kappa shape index (κ2) is 10.6. The van der Waals surface area contributed by atoms with E-state index in [1.807, 2.05) is 35.7 Å². The summed E-state index contributed by atoms with van der Waals surface area (Å²) in [6.07, 6.45) is 0. The molecule has 0 aliphatic carbocycles. The highest BCUT2D eigenvalue weighted by atomic mass is 35.5. The number of halogens is 2. The van der Waals surface area contributed by atoms with Crippen molar-refractivity contribution in [2.24, 2.45) is 0 Å². The number of thiazole rings is 1. The van der Waals surface area contributed by atoms with E-state index in [0.717, 1.165) is 10.5 Å². The molecule has 2 amide bonds. The van der Waals surface area contributed by atoms with Gasteiger partial charge in [0.1, 0.15) is 5.82 Å². The van der Waals surface area contributed by atoms with Gasteiger partial charge in [0.15, 0.2) is 5.13 Å². The first-order chi connectivity index (χ1) is 16.0. The molecule has 0 atom stereocenters. The van der Waals surface area contributed by atoms with E-state index in [4.69, 9.17) is 11.6 Å². The van der Waals surface area contributed by atoms with Crippen LogP contribution in [0.2, 0.25) is 5.02 Å². The summed E-state index contributed by atoms with van der Waals surface area (Å²) in [5, 5.41) is 8.52. The van der Waals surface area contributed by atoms with Crippen LogP contribution in [-0.4, -0.2) is 22.6 Å². The predicted molar refractivity (Wildman–Crippen MR) is 133 cm³/mol. The third-order valence-electron chi connectivity index (χ3n) is 4.49. The number of thioether (sulfide) groups is 1. The van der Waals surface area contributed by atoms with Gasteiger partial charge in [-0.05, 0) is 54.6 Å². The van der Waals surface area contributed by atoms with Gasteiger partial charge in [-0.15, -0.1) is 23.1 Å². The molecule has 9 heteroatoms. The SMILES string of the molecule is O=C(CSc1ccc(NC(=O)c2ccc(F)cc2)cc1)Nc1nc(-c2ccccc2Cl)cs1. The predicted octanol–water partition coefficient (Wildman–Crippen LogP) is 6.59. The highest BCUT2D eigenvalue weighted by molar-refractivity contribution is 8.00. The van der Waals surface area contributed by atoms with Gasteiger partial charge in [0.25, 0.3) is 5.91 Å². The molecule has 0 radical (unpaired) electrons. The van der Waals surface area contributed by atoms with Gasteiger partial charge in [0, 0.05) is 32.1 Å². The Bertz CT molecular complexity index is 1280. The zero-order valence-electron chi connectivity index (χ0n) is 17.0. The number of anilines is 2. The van der Waals surface area contributed by atoms with Crippen LogP contribution in [0.25, 0.3) is 11.3 Å². The number of rotatable bonds is 7. The summed E-state index contributed by atoms with van der Waals surface area (Å²) in [5.74, 6) is -0.682. The van der Waals surface area contributed by atoms with Crippen molar-refractivity contribution in [1.82, 2.24) is 4.98 Å². The van der Waals surface area contributed by atoms with Crippen LogP contribution in [0.1, 0.15) is 10.4 Å². The molecule has 1 heterocycles. The van der Waals surface area contributed by atoms with Crippen molar-refractivity contribution in [3.63, 3.8) is 0 Å². The molecule has 166 valence electrons. The van der Waals surface area contributed by atoms with Gasteiger partial charge >= 0.3 is 0 Å². The maximum absolute atomic E-state index is 13.0. The molecule has 4 aromatic rings. The van der Waals surface area contributed by atoms with Crippen molar-refractivity contribution in [3.8, 4) is 11.3 Å². The smallest absolute Gasteiger partial charge is 0.255 e. The highest BCUT2D eigenvalue weighted by Crippen LogP contribution is 2.30. The molecule has 33 heavy (non-hydrogen) atoms. The largest absolute Gasteiger partial charge is 0.322 e. The van der Waals surface area contributed by atoms with Gasteiger partial charge in [0.05, 0.1) is 11.4 Å². The first-order valence-electron chi connectivity index (χ1n) is 9.78. The Hall–Kier alpha value is -3.20. The Morgan fingerprint density at radius 3 is 2.42 bits per heavy atom. The quantitative estimate of drug-likeness (QED) is 0.283. The van der Waals surface area contributed by atoms with E-state index < -0.39 is 5.82 Å². The third kappa shape index (κ3) is 6.19. The van der Waals surface area contributed by atoms with Crippen molar-refractivity contribution in [2.75, 3.05) is 16.4 Å². The van der Waals surface area contributed by atoms with Gasteiger partial charge in [-0.1, -0.05) is 29.8 Å². The second-order valence-corrected chi connectivity index (χ2v) is 9.15. The Labute approximate surface area is 203 Å². The number of carbonyl (C=O) groups excluding carboxylic acids is 2. The van der Waals surface area contributed by atoms with Crippen molar-refractivity contribution < 1.29 is 14.0 Å². The van der Waals surface area contributed by atoms with E-state index in [1.165, 1.54) is 47.4 Å². The Balaban J connectivity index is 1.28. The lowest BCUT2D eigenvalue weighted by atomic mass is 10.2. The topological polar surface area (TPSA) is 71.1 Å². The first-order valence-corrected chi connectivity index (χ1v) is 12.0. The summed E-state index contributed by atoms with van der Waals surface area (Å²) >= 11 is 8.91. The summed E-state index contributed by atoms with van der Waals surface area (Å²) < 4.78 is 13.0. The molecule has 0 bridgehead atoms. The number of amides is 2. The summed E-state index contributed by atoms with van der Waals surface area (Å²) in [7, 11) is 0. The lowest BCUT2D eigenvalue weighted by Crippen LogP contribution is -2.13. The first kappa shape index (κ1) is 23.0. The summed E-state index contributed by atoms with van der Waals surface area (Å²) in [6.45, 7) is 0. The minimum Gasteiger partial charge on any atom is -0.322 e. The Morgan fingerprint density at radius 1 is 0.970 bits per heavy atom. The average molecular weight is 498 g/mol. The molecule has 0 aliphatic rings. The van der Waals surface area contributed by atoms with Crippen molar-refractivity contribution in [1.29, 1.82) is 0 Å². The molecule has 0 saturated heterocycles. The number of benzene rings is 3. The molecular formula is C24H17ClFN3O2S2. The number of hydrogen-bond donors (Lipinski definition) is 2. The van der Waals surface area contributed by atoms with Crippen molar-refractivity contribution in [2.45, 2.75) is 4.90 Å². The van der Waals surface area contributed by atoms with Gasteiger partial charge in [-0.3, -0.25) is 9.59 Å². The fourth-order valence-electron chi connectivity index (χ4n) is 2.87.